The van der Waals surface area contributed by atoms with Gasteiger partial charge in [0, 0.05) is 32.0 Å². The highest BCUT2D eigenvalue weighted by atomic mass is 16.6. The molecule has 1 aromatic rings. The van der Waals surface area contributed by atoms with Crippen molar-refractivity contribution < 1.29 is 14.1 Å². The van der Waals surface area contributed by atoms with E-state index < -0.39 is 0 Å². The average molecular weight is 308 g/mol. The second kappa shape index (κ2) is 6.34. The highest BCUT2D eigenvalue weighted by molar-refractivity contribution is 5.78. The summed E-state index contributed by atoms with van der Waals surface area (Å²) in [4.78, 5) is 20.7. The van der Waals surface area contributed by atoms with E-state index in [0.717, 1.165) is 38.2 Å². The van der Waals surface area contributed by atoms with E-state index in [4.69, 9.17) is 9.26 Å². The fourth-order valence-corrected chi connectivity index (χ4v) is 3.29. The van der Waals surface area contributed by atoms with Crippen LogP contribution in [0.3, 0.4) is 0 Å². The number of ether oxygens (including phenoxy) is 1. The molecule has 3 heterocycles. The van der Waals surface area contributed by atoms with Gasteiger partial charge in [0.1, 0.15) is 12.1 Å². The van der Waals surface area contributed by atoms with Crippen LogP contribution in [0.25, 0.3) is 0 Å². The van der Waals surface area contributed by atoms with Crippen LogP contribution in [0.15, 0.2) is 4.52 Å². The molecule has 0 spiro atoms. The highest BCUT2D eigenvalue weighted by Crippen LogP contribution is 2.25. The second-order valence-corrected chi connectivity index (χ2v) is 6.31. The lowest BCUT2D eigenvalue weighted by Crippen LogP contribution is -2.40. The first-order chi connectivity index (χ1) is 10.6. The van der Waals surface area contributed by atoms with Gasteiger partial charge in [-0.25, -0.2) is 0 Å². The van der Waals surface area contributed by atoms with Crippen molar-refractivity contribution in [3.05, 3.63) is 11.7 Å². The summed E-state index contributed by atoms with van der Waals surface area (Å²) in [5.74, 6) is 1.34. The van der Waals surface area contributed by atoms with Gasteiger partial charge >= 0.3 is 5.97 Å². The van der Waals surface area contributed by atoms with Crippen molar-refractivity contribution in [1.29, 1.82) is 0 Å². The number of carbonyl (C=O) groups excluding carboxylic acids is 1. The number of esters is 1. The van der Waals surface area contributed by atoms with E-state index >= 15 is 0 Å². The predicted octanol–water partition coefficient (Wildman–Crippen LogP) is 0.842. The lowest BCUT2D eigenvalue weighted by molar-refractivity contribution is -0.144. The van der Waals surface area contributed by atoms with Crippen LogP contribution in [0.1, 0.15) is 38.4 Å². The molecule has 0 aliphatic carbocycles. The van der Waals surface area contributed by atoms with Crippen molar-refractivity contribution in [3.8, 4) is 0 Å². The SMILES string of the molecule is CCc1nc(CN(C)[C@@H]2CCN([C@@H]3C[C@H](C)OC3=O)C2)no1. The van der Waals surface area contributed by atoms with Crippen LogP contribution < -0.4 is 0 Å². The van der Waals surface area contributed by atoms with Gasteiger partial charge in [-0.05, 0) is 20.4 Å². The molecular weight excluding hydrogens is 284 g/mol. The zero-order chi connectivity index (χ0) is 15.7. The number of nitrogens with zero attached hydrogens (tertiary/aromatic N) is 4. The third-order valence-corrected chi connectivity index (χ3v) is 4.61. The predicted molar refractivity (Wildman–Crippen MR) is 79.1 cm³/mol. The number of rotatable bonds is 5. The van der Waals surface area contributed by atoms with Gasteiger partial charge in [0.2, 0.25) is 5.89 Å². The Kier molecular flexibility index (Phi) is 4.44. The summed E-state index contributed by atoms with van der Waals surface area (Å²) in [5, 5.41) is 4.00. The third-order valence-electron chi connectivity index (χ3n) is 4.61. The number of likely N-dealkylation sites (tertiary alicyclic amines) is 1. The van der Waals surface area contributed by atoms with Crippen LogP contribution in [0, 0.1) is 0 Å². The summed E-state index contributed by atoms with van der Waals surface area (Å²) in [6.07, 6.45) is 2.66. The molecule has 0 amide bonds. The van der Waals surface area contributed by atoms with Crippen molar-refractivity contribution in [2.24, 2.45) is 0 Å². The lowest BCUT2D eigenvalue weighted by Gasteiger charge is -2.24. The minimum atomic E-state index is -0.0680. The van der Waals surface area contributed by atoms with E-state index in [2.05, 4.69) is 27.0 Å². The molecule has 0 N–H and O–H groups in total. The van der Waals surface area contributed by atoms with Crippen molar-refractivity contribution in [3.63, 3.8) is 0 Å². The van der Waals surface area contributed by atoms with Crippen LogP contribution in [-0.4, -0.2) is 64.2 Å². The van der Waals surface area contributed by atoms with Crippen LogP contribution in [0.2, 0.25) is 0 Å². The molecule has 3 atom stereocenters. The Balaban J connectivity index is 1.54. The van der Waals surface area contributed by atoms with E-state index in [1.54, 1.807) is 0 Å². The molecule has 1 aromatic heterocycles. The molecule has 2 aliphatic heterocycles. The summed E-state index contributed by atoms with van der Waals surface area (Å²) >= 11 is 0. The molecule has 0 bridgehead atoms. The summed E-state index contributed by atoms with van der Waals surface area (Å²) in [6.45, 7) is 6.46. The van der Waals surface area contributed by atoms with Gasteiger partial charge in [-0.15, -0.1) is 0 Å². The second-order valence-electron chi connectivity index (χ2n) is 6.31. The number of hydrogen-bond acceptors (Lipinski definition) is 7. The Hall–Kier alpha value is -1.47. The largest absolute Gasteiger partial charge is 0.461 e. The number of likely N-dealkylation sites (N-methyl/N-ethyl adjacent to an activating group) is 1. The molecule has 2 aliphatic rings. The normalized spacial score (nSPS) is 29.5. The Labute approximate surface area is 130 Å². The number of aryl methyl sites for hydroxylation is 1. The summed E-state index contributed by atoms with van der Waals surface area (Å²) in [6, 6.07) is 0.345. The molecule has 2 fully saturated rings. The molecular formula is C15H24N4O3. The molecule has 3 rings (SSSR count). The third kappa shape index (κ3) is 3.15. The smallest absolute Gasteiger partial charge is 0.323 e. The van der Waals surface area contributed by atoms with Crippen molar-refractivity contribution >= 4 is 5.97 Å². The quantitative estimate of drug-likeness (QED) is 0.746. The molecule has 22 heavy (non-hydrogen) atoms. The fourth-order valence-electron chi connectivity index (χ4n) is 3.29. The highest BCUT2D eigenvalue weighted by Gasteiger charge is 2.40. The summed E-state index contributed by atoms with van der Waals surface area (Å²) < 4.78 is 10.4. The van der Waals surface area contributed by atoms with E-state index in [1.165, 1.54) is 0 Å². The Morgan fingerprint density at radius 3 is 2.91 bits per heavy atom. The Morgan fingerprint density at radius 2 is 2.27 bits per heavy atom. The van der Waals surface area contributed by atoms with Crippen molar-refractivity contribution in [1.82, 2.24) is 19.9 Å². The molecule has 7 heteroatoms. The first kappa shape index (κ1) is 15.4. The maximum absolute atomic E-state index is 11.9. The number of hydrogen-bond donors (Lipinski definition) is 0. The minimum absolute atomic E-state index is 0.0427. The maximum Gasteiger partial charge on any atom is 0.323 e. The molecule has 0 radical (unpaired) electrons. The van der Waals surface area contributed by atoms with Crippen molar-refractivity contribution in [2.75, 3.05) is 20.1 Å². The van der Waals surface area contributed by atoms with Gasteiger partial charge in [0.25, 0.3) is 0 Å². The monoisotopic (exact) mass is 308 g/mol. The Morgan fingerprint density at radius 1 is 1.45 bits per heavy atom. The zero-order valence-corrected chi connectivity index (χ0v) is 13.5. The van der Waals surface area contributed by atoms with Gasteiger partial charge in [-0.3, -0.25) is 14.6 Å². The van der Waals surface area contributed by atoms with Crippen LogP contribution in [0.5, 0.6) is 0 Å². The maximum atomic E-state index is 11.9. The van der Waals surface area contributed by atoms with Crippen LogP contribution >= 0.6 is 0 Å². The molecule has 7 nitrogen and oxygen atoms in total. The average Bonchev–Trinajstić information content (AvgIpc) is 3.18. The standard InChI is InChI=1S/C15H24N4O3/c1-4-14-16-13(17-22-14)9-18(3)11-5-6-19(8-11)12-7-10(2)21-15(12)20/h10-12H,4-9H2,1-3H3/t10-,11+,12+/m0/s1. The van der Waals surface area contributed by atoms with Gasteiger partial charge < -0.3 is 9.26 Å². The lowest BCUT2D eigenvalue weighted by atomic mass is 10.1. The van der Waals surface area contributed by atoms with E-state index in [1.807, 2.05) is 13.8 Å². The van der Waals surface area contributed by atoms with Gasteiger partial charge in [0.15, 0.2) is 5.82 Å². The molecule has 0 aromatic carbocycles. The van der Waals surface area contributed by atoms with Gasteiger partial charge in [-0.1, -0.05) is 12.1 Å². The van der Waals surface area contributed by atoms with Gasteiger partial charge in [-0.2, -0.15) is 4.98 Å². The zero-order valence-electron chi connectivity index (χ0n) is 13.5. The number of aromatic nitrogens is 2. The Bertz CT molecular complexity index is 533. The molecule has 0 saturated carbocycles. The number of cyclic esters (lactones) is 1. The number of carbonyl (C=O) groups is 1. The molecule has 2 saturated heterocycles. The molecule has 0 unspecified atom stereocenters. The summed E-state index contributed by atoms with van der Waals surface area (Å²) in [7, 11) is 2.08. The molecule has 122 valence electrons. The minimum Gasteiger partial charge on any atom is -0.461 e. The summed E-state index contributed by atoms with van der Waals surface area (Å²) in [5.41, 5.74) is 0. The fraction of sp³-hybridized carbons (Fsp3) is 0.800. The van der Waals surface area contributed by atoms with E-state index in [-0.39, 0.29) is 18.1 Å². The van der Waals surface area contributed by atoms with E-state index in [9.17, 15) is 4.79 Å². The topological polar surface area (TPSA) is 71.7 Å². The van der Waals surface area contributed by atoms with E-state index in [0.29, 0.717) is 18.5 Å². The van der Waals surface area contributed by atoms with Gasteiger partial charge in [0.05, 0.1) is 6.54 Å². The van der Waals surface area contributed by atoms with Crippen LogP contribution in [0.4, 0.5) is 0 Å². The van der Waals surface area contributed by atoms with Crippen LogP contribution in [-0.2, 0) is 22.5 Å². The van der Waals surface area contributed by atoms with Crippen molar-refractivity contribution in [2.45, 2.75) is 57.8 Å². The first-order valence-corrected chi connectivity index (χ1v) is 8.03. The first-order valence-electron chi connectivity index (χ1n) is 8.03.